The summed E-state index contributed by atoms with van der Waals surface area (Å²) in [4.78, 5) is 13.1. The first-order chi connectivity index (χ1) is 18.0. The van der Waals surface area contributed by atoms with Gasteiger partial charge in [0.2, 0.25) is 5.91 Å². The van der Waals surface area contributed by atoms with Crippen molar-refractivity contribution < 1.29 is 26.4 Å². The highest BCUT2D eigenvalue weighted by Crippen LogP contribution is 2.37. The van der Waals surface area contributed by atoms with Crippen LogP contribution in [0.5, 0.6) is 0 Å². The van der Waals surface area contributed by atoms with Gasteiger partial charge < -0.3 is 5.32 Å². The molecule has 1 amide bonds. The van der Waals surface area contributed by atoms with Gasteiger partial charge in [-0.05, 0) is 79.1 Å². The fraction of sp³-hybridized carbons (Fsp3) is 0.321. The number of benzene rings is 3. The summed E-state index contributed by atoms with van der Waals surface area (Å²) in [5, 5.41) is 2.64. The number of alkyl halides is 3. The van der Waals surface area contributed by atoms with Crippen molar-refractivity contribution >= 4 is 33.2 Å². The molecule has 202 valence electrons. The van der Waals surface area contributed by atoms with E-state index in [2.05, 4.69) is 17.4 Å². The standard InChI is InChI=1S/C28H28ClF3N2O3S/c1-2-25(21-13-12-19-8-6-7-9-20(19)16-21)33-27(35)18-34(38(36,37)23-10-4-3-5-11-23)26-17-22(28(30,31)32)14-15-24(26)29/h3-5,10-17,25H,2,6-9,18H2,1H3,(H,33,35). The summed E-state index contributed by atoms with van der Waals surface area (Å²) < 4.78 is 68.2. The maximum atomic E-state index is 13.6. The Bertz CT molecular complexity index is 1410. The Kier molecular flexibility index (Phi) is 8.37. The lowest BCUT2D eigenvalue weighted by Crippen LogP contribution is -2.42. The summed E-state index contributed by atoms with van der Waals surface area (Å²) in [6.45, 7) is 1.15. The zero-order chi connectivity index (χ0) is 27.5. The summed E-state index contributed by atoms with van der Waals surface area (Å²) in [6.07, 6.45) is 0.0328. The number of nitrogens with zero attached hydrogens (tertiary/aromatic N) is 1. The van der Waals surface area contributed by atoms with Crippen LogP contribution in [0.25, 0.3) is 0 Å². The molecule has 5 nitrogen and oxygen atoms in total. The number of carbonyl (C=O) groups is 1. The van der Waals surface area contributed by atoms with Crippen molar-refractivity contribution in [1.29, 1.82) is 0 Å². The van der Waals surface area contributed by atoms with E-state index < -0.39 is 45.9 Å². The highest BCUT2D eigenvalue weighted by atomic mass is 35.5. The number of aryl methyl sites for hydroxylation is 2. The number of hydrogen-bond acceptors (Lipinski definition) is 3. The van der Waals surface area contributed by atoms with Gasteiger partial charge in [0, 0.05) is 0 Å². The number of rotatable bonds is 8. The second kappa shape index (κ2) is 11.4. The predicted molar refractivity (Wildman–Crippen MR) is 142 cm³/mol. The molecule has 0 aliphatic heterocycles. The molecule has 10 heteroatoms. The van der Waals surface area contributed by atoms with Gasteiger partial charge in [0.15, 0.2) is 0 Å². The zero-order valence-electron chi connectivity index (χ0n) is 20.8. The molecule has 0 bridgehead atoms. The minimum Gasteiger partial charge on any atom is -0.348 e. The van der Waals surface area contributed by atoms with Gasteiger partial charge in [0.1, 0.15) is 6.54 Å². The van der Waals surface area contributed by atoms with E-state index in [-0.39, 0.29) is 9.92 Å². The number of fused-ring (bicyclic) bond motifs is 1. The molecule has 0 radical (unpaired) electrons. The van der Waals surface area contributed by atoms with Crippen molar-refractivity contribution in [2.45, 2.75) is 56.1 Å². The van der Waals surface area contributed by atoms with E-state index in [0.717, 1.165) is 43.4 Å². The van der Waals surface area contributed by atoms with Gasteiger partial charge in [-0.15, -0.1) is 0 Å². The maximum Gasteiger partial charge on any atom is 0.416 e. The Labute approximate surface area is 225 Å². The van der Waals surface area contributed by atoms with Crippen LogP contribution in [0, 0.1) is 0 Å². The van der Waals surface area contributed by atoms with Crippen LogP contribution in [0.4, 0.5) is 18.9 Å². The molecular formula is C28H28ClF3N2O3S. The number of amides is 1. The Morgan fingerprint density at radius 2 is 1.68 bits per heavy atom. The fourth-order valence-corrected chi connectivity index (χ4v) is 6.38. The third-order valence-corrected chi connectivity index (χ3v) is 8.77. The van der Waals surface area contributed by atoms with Crippen molar-refractivity contribution in [2.75, 3.05) is 10.8 Å². The minimum absolute atomic E-state index is 0.178. The van der Waals surface area contributed by atoms with Crippen molar-refractivity contribution in [1.82, 2.24) is 5.32 Å². The third kappa shape index (κ3) is 6.15. The van der Waals surface area contributed by atoms with Crippen molar-refractivity contribution in [2.24, 2.45) is 0 Å². The summed E-state index contributed by atoms with van der Waals surface area (Å²) >= 11 is 6.21. The molecule has 38 heavy (non-hydrogen) atoms. The van der Waals surface area contributed by atoms with Gasteiger partial charge in [-0.1, -0.05) is 54.9 Å². The molecule has 3 aromatic rings. The normalized spacial score (nSPS) is 14.4. The molecule has 1 aliphatic carbocycles. The molecule has 1 aliphatic rings. The lowest BCUT2D eigenvalue weighted by molar-refractivity contribution is -0.137. The van der Waals surface area contributed by atoms with E-state index in [4.69, 9.17) is 11.6 Å². The van der Waals surface area contributed by atoms with Gasteiger partial charge in [-0.2, -0.15) is 13.2 Å². The molecule has 0 fully saturated rings. The van der Waals surface area contributed by atoms with Gasteiger partial charge >= 0.3 is 6.18 Å². The van der Waals surface area contributed by atoms with Crippen LogP contribution in [0.3, 0.4) is 0 Å². The van der Waals surface area contributed by atoms with E-state index in [9.17, 15) is 26.4 Å². The molecule has 0 aromatic heterocycles. The van der Waals surface area contributed by atoms with Crippen molar-refractivity contribution in [3.63, 3.8) is 0 Å². The number of carbonyl (C=O) groups excluding carboxylic acids is 1. The summed E-state index contributed by atoms with van der Waals surface area (Å²) in [6, 6.07) is 15.3. The molecule has 4 rings (SSSR count). The molecule has 3 aromatic carbocycles. The fourth-order valence-electron chi connectivity index (χ4n) is 4.66. The van der Waals surface area contributed by atoms with E-state index in [1.54, 1.807) is 6.07 Å². The highest BCUT2D eigenvalue weighted by molar-refractivity contribution is 7.92. The van der Waals surface area contributed by atoms with E-state index in [1.807, 2.05) is 13.0 Å². The molecule has 1 atom stereocenters. The van der Waals surface area contributed by atoms with E-state index in [0.29, 0.717) is 16.8 Å². The Hall–Kier alpha value is -3.04. The number of nitrogens with one attached hydrogen (secondary N) is 1. The van der Waals surface area contributed by atoms with Crippen molar-refractivity contribution in [3.05, 3.63) is 94.0 Å². The average Bonchev–Trinajstić information content (AvgIpc) is 2.90. The maximum absolute atomic E-state index is 13.6. The van der Waals surface area contributed by atoms with Gasteiger partial charge in [0.25, 0.3) is 10.0 Å². The molecule has 0 saturated carbocycles. The summed E-state index contributed by atoms with van der Waals surface area (Å²) in [5.74, 6) is -0.664. The topological polar surface area (TPSA) is 66.5 Å². The minimum atomic E-state index is -4.73. The van der Waals surface area contributed by atoms with Crippen LogP contribution in [-0.4, -0.2) is 20.9 Å². The molecular weight excluding hydrogens is 537 g/mol. The third-order valence-electron chi connectivity index (χ3n) is 6.68. The van der Waals surface area contributed by atoms with Crippen LogP contribution < -0.4 is 9.62 Å². The van der Waals surface area contributed by atoms with E-state index >= 15 is 0 Å². The predicted octanol–water partition coefficient (Wildman–Crippen LogP) is 6.70. The summed E-state index contributed by atoms with van der Waals surface area (Å²) in [7, 11) is -4.43. The van der Waals surface area contributed by atoms with Crippen LogP contribution in [-0.2, 0) is 33.8 Å². The highest BCUT2D eigenvalue weighted by Gasteiger charge is 2.34. The number of halogens is 4. The Morgan fingerprint density at radius 1 is 1.00 bits per heavy atom. The first kappa shape index (κ1) is 28.0. The summed E-state index contributed by atoms with van der Waals surface area (Å²) in [5.41, 5.74) is 1.93. The first-order valence-corrected chi connectivity index (χ1v) is 14.2. The van der Waals surface area contributed by atoms with Crippen LogP contribution in [0.1, 0.15) is 54.5 Å². The molecule has 1 unspecified atom stereocenters. The number of sulfonamides is 1. The molecule has 0 heterocycles. The van der Waals surface area contributed by atoms with Crippen LogP contribution in [0.2, 0.25) is 5.02 Å². The van der Waals surface area contributed by atoms with E-state index in [1.165, 1.54) is 35.4 Å². The largest absolute Gasteiger partial charge is 0.416 e. The lowest BCUT2D eigenvalue weighted by Gasteiger charge is -2.27. The zero-order valence-corrected chi connectivity index (χ0v) is 22.3. The monoisotopic (exact) mass is 564 g/mol. The number of hydrogen-bond donors (Lipinski definition) is 1. The SMILES string of the molecule is CCC(NC(=O)CN(c1cc(C(F)(F)F)ccc1Cl)S(=O)(=O)c1ccccc1)c1ccc2c(c1)CCCC2. The molecule has 0 saturated heterocycles. The van der Waals surface area contributed by atoms with Crippen LogP contribution in [0.15, 0.2) is 71.6 Å². The quantitative estimate of drug-likeness (QED) is 0.331. The molecule has 0 spiro atoms. The van der Waals surface area contributed by atoms with Gasteiger partial charge in [-0.3, -0.25) is 9.10 Å². The average molecular weight is 565 g/mol. The van der Waals surface area contributed by atoms with Gasteiger partial charge in [0.05, 0.1) is 27.2 Å². The smallest absolute Gasteiger partial charge is 0.348 e. The Balaban J connectivity index is 1.67. The molecule has 1 N–H and O–H groups in total. The lowest BCUT2D eigenvalue weighted by atomic mass is 9.89. The second-order valence-electron chi connectivity index (χ2n) is 9.25. The first-order valence-electron chi connectivity index (χ1n) is 12.4. The Morgan fingerprint density at radius 3 is 2.34 bits per heavy atom. The van der Waals surface area contributed by atoms with Crippen LogP contribution >= 0.6 is 11.6 Å². The number of anilines is 1. The van der Waals surface area contributed by atoms with Crippen molar-refractivity contribution in [3.8, 4) is 0 Å². The van der Waals surface area contributed by atoms with Gasteiger partial charge in [-0.25, -0.2) is 8.42 Å². The second-order valence-corrected chi connectivity index (χ2v) is 11.5.